The van der Waals surface area contributed by atoms with Gasteiger partial charge in [0.1, 0.15) is 11.5 Å². The molecule has 1 heterocycles. The Bertz CT molecular complexity index is 438. The molecule has 88 valence electrons. The van der Waals surface area contributed by atoms with Crippen LogP contribution in [0.5, 0.6) is 0 Å². The highest BCUT2D eigenvalue weighted by atomic mass is 19.3. The van der Waals surface area contributed by atoms with E-state index in [1.807, 2.05) is 0 Å². The molecule has 3 N–H and O–H groups in total. The van der Waals surface area contributed by atoms with Crippen LogP contribution in [0.2, 0.25) is 0 Å². The van der Waals surface area contributed by atoms with Crippen LogP contribution in [0, 0.1) is 0 Å². The van der Waals surface area contributed by atoms with Gasteiger partial charge in [-0.1, -0.05) is 12.8 Å². The summed E-state index contributed by atoms with van der Waals surface area (Å²) in [6, 6.07) is 0.812. The van der Waals surface area contributed by atoms with Crippen LogP contribution >= 0.6 is 0 Å². The van der Waals surface area contributed by atoms with Gasteiger partial charge in [-0.3, -0.25) is 4.79 Å². The SMILES string of the molecule is NC1(c2nc(C(F)F)cc(=O)[nH]2)CCCC1. The zero-order valence-electron chi connectivity index (χ0n) is 8.67. The molecule has 0 saturated heterocycles. The van der Waals surface area contributed by atoms with Gasteiger partial charge in [-0.25, -0.2) is 13.8 Å². The molecule has 0 atom stereocenters. The summed E-state index contributed by atoms with van der Waals surface area (Å²) < 4.78 is 25.0. The van der Waals surface area contributed by atoms with Gasteiger partial charge in [-0.2, -0.15) is 0 Å². The maximum Gasteiger partial charge on any atom is 0.280 e. The molecule has 1 aromatic rings. The fourth-order valence-electron chi connectivity index (χ4n) is 2.07. The lowest BCUT2D eigenvalue weighted by Crippen LogP contribution is -2.37. The number of alkyl halides is 2. The first-order chi connectivity index (χ1) is 7.51. The molecule has 0 unspecified atom stereocenters. The van der Waals surface area contributed by atoms with Crippen molar-refractivity contribution in [2.45, 2.75) is 37.6 Å². The first-order valence-electron chi connectivity index (χ1n) is 5.20. The van der Waals surface area contributed by atoms with Gasteiger partial charge >= 0.3 is 0 Å². The molecule has 1 aliphatic rings. The van der Waals surface area contributed by atoms with E-state index in [0.29, 0.717) is 12.8 Å². The molecule has 1 aromatic heterocycles. The number of aromatic amines is 1. The van der Waals surface area contributed by atoms with Crippen molar-refractivity contribution in [1.82, 2.24) is 9.97 Å². The van der Waals surface area contributed by atoms with Crippen molar-refractivity contribution in [1.29, 1.82) is 0 Å². The summed E-state index contributed by atoms with van der Waals surface area (Å²) in [7, 11) is 0. The number of rotatable bonds is 2. The molecule has 0 aliphatic heterocycles. The van der Waals surface area contributed by atoms with Gasteiger partial charge in [0.15, 0.2) is 0 Å². The second kappa shape index (κ2) is 3.93. The first-order valence-corrected chi connectivity index (χ1v) is 5.20. The number of aromatic nitrogens is 2. The zero-order chi connectivity index (χ0) is 11.8. The Morgan fingerprint density at radius 2 is 2.06 bits per heavy atom. The fraction of sp³-hybridized carbons (Fsp3) is 0.600. The van der Waals surface area contributed by atoms with E-state index < -0.39 is 23.2 Å². The highest BCUT2D eigenvalue weighted by Gasteiger charge is 2.34. The molecule has 0 amide bonds. The van der Waals surface area contributed by atoms with E-state index in [0.717, 1.165) is 18.9 Å². The Morgan fingerprint density at radius 3 is 2.62 bits per heavy atom. The summed E-state index contributed by atoms with van der Waals surface area (Å²) >= 11 is 0. The van der Waals surface area contributed by atoms with Gasteiger partial charge in [0.05, 0.1) is 5.54 Å². The topological polar surface area (TPSA) is 71.8 Å². The number of H-pyrrole nitrogens is 1. The van der Waals surface area contributed by atoms with Crippen molar-refractivity contribution in [2.75, 3.05) is 0 Å². The fourth-order valence-corrected chi connectivity index (χ4v) is 2.07. The van der Waals surface area contributed by atoms with Crippen LogP contribution in [0.25, 0.3) is 0 Å². The zero-order valence-corrected chi connectivity index (χ0v) is 8.67. The average molecular weight is 229 g/mol. The molecule has 0 spiro atoms. The van der Waals surface area contributed by atoms with E-state index in [4.69, 9.17) is 5.73 Å². The normalized spacial score (nSPS) is 19.2. The monoisotopic (exact) mass is 229 g/mol. The highest BCUT2D eigenvalue weighted by molar-refractivity contribution is 5.12. The first kappa shape index (κ1) is 11.2. The number of hydrogen-bond donors (Lipinski definition) is 2. The lowest BCUT2D eigenvalue weighted by molar-refractivity contribution is 0.144. The predicted molar refractivity (Wildman–Crippen MR) is 54.1 cm³/mol. The van der Waals surface area contributed by atoms with Gasteiger partial charge in [0.2, 0.25) is 0 Å². The molecule has 16 heavy (non-hydrogen) atoms. The number of nitrogens with two attached hydrogens (primary N) is 1. The molecule has 2 rings (SSSR count). The Balaban J connectivity index is 2.44. The van der Waals surface area contributed by atoms with E-state index in [1.165, 1.54) is 0 Å². The van der Waals surface area contributed by atoms with Crippen LogP contribution in [-0.2, 0) is 5.54 Å². The second-order valence-corrected chi connectivity index (χ2v) is 4.18. The highest BCUT2D eigenvalue weighted by Crippen LogP contribution is 2.34. The third-order valence-corrected chi connectivity index (χ3v) is 2.95. The van der Waals surface area contributed by atoms with Crippen molar-refractivity contribution >= 4 is 0 Å². The van der Waals surface area contributed by atoms with E-state index >= 15 is 0 Å². The summed E-state index contributed by atoms with van der Waals surface area (Å²) in [6.45, 7) is 0. The summed E-state index contributed by atoms with van der Waals surface area (Å²) in [6.07, 6.45) is 0.454. The number of nitrogens with one attached hydrogen (secondary N) is 1. The van der Waals surface area contributed by atoms with E-state index in [1.54, 1.807) is 0 Å². The van der Waals surface area contributed by atoms with E-state index in [-0.39, 0.29) is 5.82 Å². The minimum absolute atomic E-state index is 0.188. The van der Waals surface area contributed by atoms with Crippen LogP contribution in [0.15, 0.2) is 10.9 Å². The summed E-state index contributed by atoms with van der Waals surface area (Å²) in [5, 5.41) is 0. The van der Waals surface area contributed by atoms with E-state index in [2.05, 4.69) is 9.97 Å². The summed E-state index contributed by atoms with van der Waals surface area (Å²) in [5.41, 5.74) is 4.22. The molecular weight excluding hydrogens is 216 g/mol. The van der Waals surface area contributed by atoms with Crippen molar-refractivity contribution in [3.05, 3.63) is 27.9 Å². The largest absolute Gasteiger partial charge is 0.319 e. The van der Waals surface area contributed by atoms with Gasteiger partial charge < -0.3 is 10.7 Å². The minimum Gasteiger partial charge on any atom is -0.319 e. The maximum atomic E-state index is 12.5. The van der Waals surface area contributed by atoms with Crippen LogP contribution in [0.4, 0.5) is 8.78 Å². The molecule has 0 aromatic carbocycles. The van der Waals surface area contributed by atoms with Crippen molar-refractivity contribution < 1.29 is 8.78 Å². The van der Waals surface area contributed by atoms with Crippen LogP contribution in [-0.4, -0.2) is 9.97 Å². The molecule has 6 heteroatoms. The third kappa shape index (κ3) is 1.97. The lowest BCUT2D eigenvalue weighted by Gasteiger charge is -2.22. The summed E-state index contributed by atoms with van der Waals surface area (Å²) in [5.74, 6) is 0.188. The quantitative estimate of drug-likeness (QED) is 0.805. The second-order valence-electron chi connectivity index (χ2n) is 4.18. The standard InChI is InChI=1S/C10H13F2N3O/c11-8(12)6-5-7(16)15-9(14-6)10(13)3-1-2-4-10/h5,8H,1-4,13H2,(H,14,15,16). The lowest BCUT2D eigenvalue weighted by atomic mass is 9.98. The van der Waals surface area contributed by atoms with Gasteiger partial charge in [-0.15, -0.1) is 0 Å². The molecular formula is C10H13F2N3O. The van der Waals surface area contributed by atoms with Crippen LogP contribution in [0.3, 0.4) is 0 Å². The molecule has 1 aliphatic carbocycles. The number of halogens is 2. The third-order valence-electron chi connectivity index (χ3n) is 2.95. The number of nitrogens with zero attached hydrogens (tertiary/aromatic N) is 1. The molecule has 4 nitrogen and oxygen atoms in total. The molecule has 1 saturated carbocycles. The molecule has 0 radical (unpaired) electrons. The van der Waals surface area contributed by atoms with Crippen molar-refractivity contribution in [2.24, 2.45) is 5.73 Å². The Morgan fingerprint density at radius 1 is 1.44 bits per heavy atom. The average Bonchev–Trinajstić information content (AvgIpc) is 2.65. The van der Waals surface area contributed by atoms with Crippen molar-refractivity contribution in [3.63, 3.8) is 0 Å². The van der Waals surface area contributed by atoms with Crippen LogP contribution in [0.1, 0.15) is 43.6 Å². The molecule has 0 bridgehead atoms. The Hall–Kier alpha value is -1.30. The Kier molecular flexibility index (Phi) is 2.75. The van der Waals surface area contributed by atoms with Crippen LogP contribution < -0.4 is 11.3 Å². The summed E-state index contributed by atoms with van der Waals surface area (Å²) in [4.78, 5) is 17.4. The predicted octanol–water partition coefficient (Wildman–Crippen LogP) is 1.44. The molecule has 1 fully saturated rings. The van der Waals surface area contributed by atoms with E-state index in [9.17, 15) is 13.6 Å². The van der Waals surface area contributed by atoms with Gasteiger partial charge in [0, 0.05) is 6.07 Å². The van der Waals surface area contributed by atoms with Gasteiger partial charge in [-0.05, 0) is 12.8 Å². The maximum absolute atomic E-state index is 12.5. The van der Waals surface area contributed by atoms with Gasteiger partial charge in [0.25, 0.3) is 12.0 Å². The Labute approximate surface area is 90.9 Å². The minimum atomic E-state index is -2.74. The smallest absolute Gasteiger partial charge is 0.280 e. The number of hydrogen-bond acceptors (Lipinski definition) is 3. The van der Waals surface area contributed by atoms with Crippen molar-refractivity contribution in [3.8, 4) is 0 Å².